The van der Waals surface area contributed by atoms with Crippen LogP contribution in [0.25, 0.3) is 0 Å². The summed E-state index contributed by atoms with van der Waals surface area (Å²) in [7, 11) is 1.80. The highest BCUT2D eigenvalue weighted by molar-refractivity contribution is 6.39. The minimum atomic E-state index is 0.101. The number of hydrogen-bond donors (Lipinski definition) is 1. The molecule has 2 N–H and O–H groups in total. The van der Waals surface area contributed by atoms with Gasteiger partial charge in [0.25, 0.3) is 0 Å². The number of anilines is 2. The van der Waals surface area contributed by atoms with Gasteiger partial charge in [-0.25, -0.2) is 0 Å². The van der Waals surface area contributed by atoms with E-state index < -0.39 is 0 Å². The minimum Gasteiger partial charge on any atom is -0.399 e. The SMILES string of the molecule is CN(CC(=O)N1CCCC1)c1c(Cl)cc(N)cc1Cl. The number of likely N-dealkylation sites (tertiary alicyclic amines) is 1. The van der Waals surface area contributed by atoms with Crippen LogP contribution in [0.4, 0.5) is 11.4 Å². The molecule has 6 heteroatoms. The Bertz CT molecular complexity index is 464. The van der Waals surface area contributed by atoms with E-state index in [-0.39, 0.29) is 12.5 Å². The normalized spacial score (nSPS) is 14.8. The number of nitrogens with zero attached hydrogens (tertiary/aromatic N) is 2. The van der Waals surface area contributed by atoms with Gasteiger partial charge in [-0.05, 0) is 25.0 Å². The third kappa shape index (κ3) is 3.25. The Hall–Kier alpha value is -1.13. The van der Waals surface area contributed by atoms with E-state index in [1.54, 1.807) is 24.1 Å². The van der Waals surface area contributed by atoms with E-state index in [2.05, 4.69) is 0 Å². The van der Waals surface area contributed by atoms with Crippen molar-refractivity contribution in [2.24, 2.45) is 0 Å². The molecule has 1 fully saturated rings. The summed E-state index contributed by atoms with van der Waals surface area (Å²) in [4.78, 5) is 15.7. The highest BCUT2D eigenvalue weighted by Gasteiger charge is 2.21. The molecule has 0 saturated carbocycles. The molecule has 0 spiro atoms. The molecule has 2 rings (SSSR count). The van der Waals surface area contributed by atoms with Crippen molar-refractivity contribution in [3.8, 4) is 0 Å². The second-order valence-electron chi connectivity index (χ2n) is 4.78. The number of nitrogens with two attached hydrogens (primary N) is 1. The van der Waals surface area contributed by atoms with Crippen molar-refractivity contribution in [3.63, 3.8) is 0 Å². The van der Waals surface area contributed by atoms with Crippen LogP contribution in [0.2, 0.25) is 10.0 Å². The molecule has 1 aliphatic rings. The molecule has 19 heavy (non-hydrogen) atoms. The molecule has 1 aliphatic heterocycles. The highest BCUT2D eigenvalue weighted by Crippen LogP contribution is 2.35. The summed E-state index contributed by atoms with van der Waals surface area (Å²) < 4.78 is 0. The van der Waals surface area contributed by atoms with Crippen molar-refractivity contribution >= 4 is 40.5 Å². The first kappa shape index (κ1) is 14.3. The molecule has 1 amide bonds. The van der Waals surface area contributed by atoms with Crippen LogP contribution in [0, 0.1) is 0 Å². The Labute approximate surface area is 123 Å². The second kappa shape index (κ2) is 5.88. The monoisotopic (exact) mass is 301 g/mol. The summed E-state index contributed by atoms with van der Waals surface area (Å²) in [6.45, 7) is 1.95. The fourth-order valence-electron chi connectivity index (χ4n) is 2.30. The number of benzene rings is 1. The summed E-state index contributed by atoms with van der Waals surface area (Å²) >= 11 is 12.3. The number of hydrogen-bond acceptors (Lipinski definition) is 3. The van der Waals surface area contributed by atoms with E-state index in [1.807, 2.05) is 4.90 Å². The summed E-state index contributed by atoms with van der Waals surface area (Å²) in [5, 5.41) is 0.920. The summed E-state index contributed by atoms with van der Waals surface area (Å²) in [5.41, 5.74) is 6.82. The molecule has 1 saturated heterocycles. The Kier molecular flexibility index (Phi) is 4.42. The topological polar surface area (TPSA) is 49.6 Å². The maximum absolute atomic E-state index is 12.1. The zero-order valence-corrected chi connectivity index (χ0v) is 12.3. The predicted octanol–water partition coefficient (Wildman–Crippen LogP) is 2.63. The van der Waals surface area contributed by atoms with Crippen LogP contribution >= 0.6 is 23.2 Å². The fourth-order valence-corrected chi connectivity index (χ4v) is 3.09. The maximum atomic E-state index is 12.1. The lowest BCUT2D eigenvalue weighted by Gasteiger charge is -2.24. The number of carbonyl (C=O) groups is 1. The van der Waals surface area contributed by atoms with Gasteiger partial charge < -0.3 is 15.5 Å². The van der Waals surface area contributed by atoms with Crippen molar-refractivity contribution in [1.29, 1.82) is 0 Å². The molecule has 104 valence electrons. The molecule has 1 aromatic rings. The van der Waals surface area contributed by atoms with Crippen LogP contribution in [0.1, 0.15) is 12.8 Å². The average molecular weight is 302 g/mol. The average Bonchev–Trinajstić information content (AvgIpc) is 2.80. The molecule has 1 heterocycles. The summed E-state index contributed by atoms with van der Waals surface area (Å²) in [6, 6.07) is 3.28. The lowest BCUT2D eigenvalue weighted by Crippen LogP contribution is -2.37. The second-order valence-corrected chi connectivity index (χ2v) is 5.59. The van der Waals surface area contributed by atoms with E-state index in [0.29, 0.717) is 21.4 Å². The number of nitrogen functional groups attached to an aromatic ring is 1. The minimum absolute atomic E-state index is 0.101. The van der Waals surface area contributed by atoms with Crippen molar-refractivity contribution in [2.75, 3.05) is 37.3 Å². The number of rotatable bonds is 3. The molecule has 0 unspecified atom stereocenters. The third-order valence-corrected chi connectivity index (χ3v) is 3.83. The molecule has 0 aromatic heterocycles. The van der Waals surface area contributed by atoms with Crippen LogP contribution in [0.15, 0.2) is 12.1 Å². The zero-order chi connectivity index (χ0) is 14.0. The zero-order valence-electron chi connectivity index (χ0n) is 10.8. The predicted molar refractivity (Wildman–Crippen MR) is 80.0 cm³/mol. The van der Waals surface area contributed by atoms with Crippen molar-refractivity contribution < 1.29 is 4.79 Å². The molecular weight excluding hydrogens is 285 g/mol. The van der Waals surface area contributed by atoms with Crippen LogP contribution in [-0.2, 0) is 4.79 Å². The van der Waals surface area contributed by atoms with Gasteiger partial charge in [0.2, 0.25) is 5.91 Å². The Morgan fingerprint density at radius 1 is 1.32 bits per heavy atom. The van der Waals surface area contributed by atoms with Crippen LogP contribution in [0.5, 0.6) is 0 Å². The van der Waals surface area contributed by atoms with Crippen molar-refractivity contribution in [2.45, 2.75) is 12.8 Å². The van der Waals surface area contributed by atoms with Gasteiger partial charge >= 0.3 is 0 Å². The summed E-state index contributed by atoms with van der Waals surface area (Å²) in [5.74, 6) is 0.101. The van der Waals surface area contributed by atoms with Crippen LogP contribution in [-0.4, -0.2) is 37.5 Å². The van der Waals surface area contributed by atoms with E-state index in [4.69, 9.17) is 28.9 Å². The molecule has 1 aromatic carbocycles. The summed E-state index contributed by atoms with van der Waals surface area (Å²) in [6.07, 6.45) is 2.16. The Morgan fingerprint density at radius 2 is 1.84 bits per heavy atom. The van der Waals surface area contributed by atoms with Gasteiger partial charge in [0.05, 0.1) is 22.3 Å². The molecule has 0 bridgehead atoms. The van der Waals surface area contributed by atoms with Crippen molar-refractivity contribution in [3.05, 3.63) is 22.2 Å². The quantitative estimate of drug-likeness (QED) is 0.873. The van der Waals surface area contributed by atoms with Gasteiger partial charge in [-0.2, -0.15) is 0 Å². The first-order valence-corrected chi connectivity index (χ1v) is 6.98. The smallest absolute Gasteiger partial charge is 0.242 e. The van der Waals surface area contributed by atoms with Gasteiger partial charge in [0.15, 0.2) is 0 Å². The number of amides is 1. The fraction of sp³-hybridized carbons (Fsp3) is 0.462. The Morgan fingerprint density at radius 3 is 2.37 bits per heavy atom. The molecule has 0 radical (unpaired) electrons. The lowest BCUT2D eigenvalue weighted by molar-refractivity contribution is -0.128. The number of halogens is 2. The van der Waals surface area contributed by atoms with E-state index >= 15 is 0 Å². The van der Waals surface area contributed by atoms with Gasteiger partial charge in [0.1, 0.15) is 0 Å². The largest absolute Gasteiger partial charge is 0.399 e. The van der Waals surface area contributed by atoms with Gasteiger partial charge in [-0.1, -0.05) is 23.2 Å². The number of carbonyl (C=O) groups excluding carboxylic acids is 1. The Balaban J connectivity index is 2.11. The molecular formula is C13H17Cl2N3O. The molecule has 4 nitrogen and oxygen atoms in total. The van der Waals surface area contributed by atoms with Gasteiger partial charge in [-0.15, -0.1) is 0 Å². The first-order chi connectivity index (χ1) is 8.99. The first-order valence-electron chi connectivity index (χ1n) is 6.22. The van der Waals surface area contributed by atoms with Crippen LogP contribution in [0.3, 0.4) is 0 Å². The highest BCUT2D eigenvalue weighted by atomic mass is 35.5. The van der Waals surface area contributed by atoms with E-state index in [9.17, 15) is 4.79 Å². The van der Waals surface area contributed by atoms with Crippen LogP contribution < -0.4 is 10.6 Å². The molecule has 0 atom stereocenters. The van der Waals surface area contributed by atoms with E-state index in [1.165, 1.54) is 0 Å². The lowest BCUT2D eigenvalue weighted by atomic mass is 10.2. The maximum Gasteiger partial charge on any atom is 0.242 e. The molecule has 0 aliphatic carbocycles. The van der Waals surface area contributed by atoms with E-state index in [0.717, 1.165) is 25.9 Å². The van der Waals surface area contributed by atoms with Gasteiger partial charge in [0, 0.05) is 25.8 Å². The number of likely N-dealkylation sites (N-methyl/N-ethyl adjacent to an activating group) is 1. The standard InChI is InChI=1S/C13H17Cl2N3O/c1-17(8-12(19)18-4-2-3-5-18)13-10(14)6-9(16)7-11(13)15/h6-7H,2-5,8,16H2,1H3. The van der Waals surface area contributed by atoms with Gasteiger partial charge in [-0.3, -0.25) is 4.79 Å². The van der Waals surface area contributed by atoms with Crippen molar-refractivity contribution in [1.82, 2.24) is 4.90 Å². The third-order valence-electron chi connectivity index (χ3n) is 3.25.